The Labute approximate surface area is 199 Å². The van der Waals surface area contributed by atoms with Crippen LogP contribution in [-0.2, 0) is 11.2 Å². The van der Waals surface area contributed by atoms with Gasteiger partial charge in [0.25, 0.3) is 0 Å². The second-order valence-electron chi connectivity index (χ2n) is 7.11. The Morgan fingerprint density at radius 2 is 1.84 bits per heavy atom. The number of hydrogen-bond donors (Lipinski definition) is 0. The number of thiazole rings is 1. The van der Waals surface area contributed by atoms with Crippen molar-refractivity contribution in [3.8, 4) is 16.5 Å². The van der Waals surface area contributed by atoms with Gasteiger partial charge in [-0.25, -0.2) is 4.98 Å². The molecule has 1 heterocycles. The highest BCUT2D eigenvalue weighted by Crippen LogP contribution is 2.35. The minimum Gasteiger partial charge on any atom is -0.490 e. The zero-order chi connectivity index (χ0) is 23.9. The van der Waals surface area contributed by atoms with E-state index >= 15 is 0 Å². The van der Waals surface area contributed by atoms with E-state index in [0.717, 1.165) is 17.0 Å². The maximum absolute atomic E-state index is 9.44. The van der Waals surface area contributed by atoms with Crippen molar-refractivity contribution in [1.82, 2.24) is 4.98 Å². The van der Waals surface area contributed by atoms with Crippen LogP contribution in [0.25, 0.3) is 16.0 Å². The van der Waals surface area contributed by atoms with E-state index < -0.39 is 0 Å². The molecule has 0 radical (unpaired) electrons. The molecule has 3 nitrogen and oxygen atoms in total. The van der Waals surface area contributed by atoms with Gasteiger partial charge in [-0.05, 0) is 55.9 Å². The molecule has 0 amide bonds. The predicted molar refractivity (Wildman–Crippen MR) is 139 cm³/mol. The lowest BCUT2D eigenvalue weighted by atomic mass is 10.0. The number of aromatic nitrogens is 1. The van der Waals surface area contributed by atoms with E-state index in [1.54, 1.807) is 11.3 Å². The molecule has 4 heteroatoms. The van der Waals surface area contributed by atoms with E-state index in [-0.39, 0.29) is 6.10 Å². The van der Waals surface area contributed by atoms with Gasteiger partial charge in [-0.15, -0.1) is 11.3 Å². The molecule has 0 N–H and O–H groups in total. The quantitative estimate of drug-likeness (QED) is 0.423. The summed E-state index contributed by atoms with van der Waals surface area (Å²) >= 11 is 1.71. The van der Waals surface area contributed by atoms with Crippen LogP contribution in [0, 0.1) is 11.3 Å². The molecule has 3 rings (SSSR count). The molecule has 1 aromatic carbocycles. The van der Waals surface area contributed by atoms with E-state index in [1.807, 2.05) is 66.0 Å². The number of aryl methyl sites for hydroxylation is 1. The summed E-state index contributed by atoms with van der Waals surface area (Å²) in [4.78, 5) is 5.88. The van der Waals surface area contributed by atoms with Gasteiger partial charge in [0.1, 0.15) is 16.8 Å². The lowest BCUT2D eigenvalue weighted by molar-refractivity contribution is 0.155. The summed E-state index contributed by atoms with van der Waals surface area (Å²) in [6, 6.07) is 10.9. The van der Waals surface area contributed by atoms with E-state index in [0.29, 0.717) is 17.8 Å². The molecule has 1 aromatic heterocycles. The SMILES string of the molecule is CC.CC.CCCCc1ccccc1-c1cnc(C2=CC=C(OC(C)C)C(C#N)=CC2)s1. The van der Waals surface area contributed by atoms with Gasteiger partial charge in [-0.2, -0.15) is 5.26 Å². The second kappa shape index (κ2) is 15.2. The first-order chi connectivity index (χ1) is 15.6. The lowest BCUT2D eigenvalue weighted by Gasteiger charge is -2.11. The molecule has 0 atom stereocenters. The average Bonchev–Trinajstić information content (AvgIpc) is 3.23. The number of nitrogens with zero attached hydrogens (tertiary/aromatic N) is 2. The predicted octanol–water partition coefficient (Wildman–Crippen LogP) is 8.75. The maximum atomic E-state index is 9.44. The first kappa shape index (κ1) is 27.4. The van der Waals surface area contributed by atoms with Gasteiger partial charge in [0, 0.05) is 6.20 Å². The summed E-state index contributed by atoms with van der Waals surface area (Å²) < 4.78 is 5.80. The molecule has 1 aliphatic rings. The Morgan fingerprint density at radius 1 is 1.12 bits per heavy atom. The van der Waals surface area contributed by atoms with Crippen LogP contribution in [0.15, 0.2) is 60.0 Å². The number of rotatable bonds is 7. The fraction of sp³-hybridized carbons (Fsp3) is 0.429. The highest BCUT2D eigenvalue weighted by Gasteiger charge is 2.15. The summed E-state index contributed by atoms with van der Waals surface area (Å²) in [5, 5.41) is 10.4. The minimum absolute atomic E-state index is 0.0315. The van der Waals surface area contributed by atoms with Crippen molar-refractivity contribution in [3.05, 3.63) is 70.6 Å². The Morgan fingerprint density at radius 3 is 2.50 bits per heavy atom. The molecule has 0 unspecified atom stereocenters. The molecule has 1 aliphatic carbocycles. The monoisotopic (exact) mass is 450 g/mol. The van der Waals surface area contributed by atoms with E-state index in [1.165, 1.54) is 28.8 Å². The molecular weight excluding hydrogens is 412 g/mol. The summed E-state index contributed by atoms with van der Waals surface area (Å²) in [5.74, 6) is 0.634. The van der Waals surface area contributed by atoms with Gasteiger partial charge in [0.05, 0.1) is 16.6 Å². The minimum atomic E-state index is 0.0315. The Hall–Kier alpha value is -2.64. The number of benzene rings is 1. The molecule has 0 aliphatic heterocycles. The Bertz CT molecular complexity index is 958. The van der Waals surface area contributed by atoms with Gasteiger partial charge in [-0.1, -0.05) is 77.5 Å². The normalized spacial score (nSPS) is 12.7. The highest BCUT2D eigenvalue weighted by atomic mass is 32.1. The molecular formula is C28H38N2OS. The molecule has 0 saturated carbocycles. The first-order valence-electron chi connectivity index (χ1n) is 11.8. The summed E-state index contributed by atoms with van der Waals surface area (Å²) in [5.41, 5.74) is 4.36. The number of ether oxygens (including phenoxy) is 1. The van der Waals surface area contributed by atoms with Crippen LogP contribution in [0.4, 0.5) is 0 Å². The number of unbranched alkanes of at least 4 members (excludes halogenated alkanes) is 1. The zero-order valence-electron chi connectivity index (χ0n) is 20.7. The molecule has 0 fully saturated rings. The topological polar surface area (TPSA) is 45.9 Å². The van der Waals surface area contributed by atoms with Gasteiger partial charge in [-0.3, -0.25) is 0 Å². The fourth-order valence-electron chi connectivity index (χ4n) is 3.16. The molecule has 2 aromatic rings. The van der Waals surface area contributed by atoms with Crippen molar-refractivity contribution in [2.75, 3.05) is 0 Å². The van der Waals surface area contributed by atoms with E-state index in [9.17, 15) is 5.26 Å². The molecule has 0 spiro atoms. The molecule has 0 saturated heterocycles. The summed E-state index contributed by atoms with van der Waals surface area (Å²) in [6.45, 7) is 14.2. The van der Waals surface area contributed by atoms with Gasteiger partial charge >= 0.3 is 0 Å². The zero-order valence-corrected chi connectivity index (χ0v) is 21.6. The summed E-state index contributed by atoms with van der Waals surface area (Å²) in [7, 11) is 0. The number of allylic oxidation sites excluding steroid dienone is 5. The average molecular weight is 451 g/mol. The Balaban J connectivity index is 0.00000121. The van der Waals surface area contributed by atoms with Gasteiger partial charge in [0.15, 0.2) is 0 Å². The van der Waals surface area contributed by atoms with Crippen LogP contribution < -0.4 is 0 Å². The van der Waals surface area contributed by atoms with Gasteiger partial charge < -0.3 is 4.74 Å². The van der Waals surface area contributed by atoms with Crippen LogP contribution in [0.3, 0.4) is 0 Å². The van der Waals surface area contributed by atoms with Crippen LogP contribution in [0.5, 0.6) is 0 Å². The van der Waals surface area contributed by atoms with Gasteiger partial charge in [0.2, 0.25) is 0 Å². The van der Waals surface area contributed by atoms with Crippen molar-refractivity contribution < 1.29 is 4.74 Å². The smallest absolute Gasteiger partial charge is 0.137 e. The summed E-state index contributed by atoms with van der Waals surface area (Å²) in [6.07, 6.45) is 12.0. The fourth-order valence-corrected chi connectivity index (χ4v) is 4.17. The third kappa shape index (κ3) is 7.80. The first-order valence-corrected chi connectivity index (χ1v) is 12.7. The highest BCUT2D eigenvalue weighted by molar-refractivity contribution is 7.16. The largest absolute Gasteiger partial charge is 0.490 e. The van der Waals surface area contributed by atoms with E-state index in [4.69, 9.17) is 4.74 Å². The van der Waals surface area contributed by atoms with Crippen molar-refractivity contribution >= 4 is 16.9 Å². The van der Waals surface area contributed by atoms with Crippen LogP contribution >= 0.6 is 11.3 Å². The molecule has 32 heavy (non-hydrogen) atoms. The van der Waals surface area contributed by atoms with Crippen LogP contribution in [-0.4, -0.2) is 11.1 Å². The van der Waals surface area contributed by atoms with Crippen LogP contribution in [0.2, 0.25) is 0 Å². The van der Waals surface area contributed by atoms with Crippen LogP contribution in [0.1, 0.15) is 78.3 Å². The Kier molecular flexibility index (Phi) is 13.0. The van der Waals surface area contributed by atoms with Crippen molar-refractivity contribution in [3.63, 3.8) is 0 Å². The van der Waals surface area contributed by atoms with Crippen molar-refractivity contribution in [1.29, 1.82) is 5.26 Å². The third-order valence-corrected chi connectivity index (χ3v) is 5.68. The molecule has 172 valence electrons. The lowest BCUT2D eigenvalue weighted by Crippen LogP contribution is -2.03. The van der Waals surface area contributed by atoms with Crippen molar-refractivity contribution in [2.45, 2.75) is 80.3 Å². The number of nitriles is 1. The number of hydrogen-bond acceptors (Lipinski definition) is 4. The third-order valence-electron chi connectivity index (χ3n) is 4.57. The van der Waals surface area contributed by atoms with Crippen molar-refractivity contribution in [2.24, 2.45) is 0 Å². The standard InChI is InChI=1S/C24H26N2OS.2C2H6/c1-4-5-8-18-9-6-7-10-21(18)23-16-26-24(28-23)19-11-12-20(15-25)22(14-13-19)27-17(2)3;2*1-2/h6-7,9-10,12-14,16-17H,4-5,8,11H2,1-3H3;2*1-2H3. The molecule has 0 bridgehead atoms. The second-order valence-corrected chi connectivity index (χ2v) is 8.14. The maximum Gasteiger partial charge on any atom is 0.137 e. The van der Waals surface area contributed by atoms with E-state index in [2.05, 4.69) is 42.2 Å².